The highest BCUT2D eigenvalue weighted by Gasteiger charge is 2.34. The Hall–Kier alpha value is -4.10. The number of aromatic hydroxyl groups is 1. The molecule has 0 radical (unpaired) electrons. The Kier molecular flexibility index (Phi) is 9.74. The lowest BCUT2D eigenvalue weighted by Gasteiger charge is -2.25. The number of hydrogen-bond donors (Lipinski definition) is 1. The Balaban J connectivity index is 1.91. The number of carbonyl (C=O) groups is 2. The number of methoxy groups -OCH3 is 2. The van der Waals surface area contributed by atoms with E-state index in [4.69, 9.17) is 18.9 Å². The predicted octanol–water partition coefficient (Wildman–Crippen LogP) is 3.23. The lowest BCUT2D eigenvalue weighted by molar-refractivity contribution is -0.143. The average molecular weight is 662 g/mol. The summed E-state index contributed by atoms with van der Waals surface area (Å²) in [5, 5.41) is 10.2. The number of allylic oxidation sites excluding steroid dienone is 1. The Labute approximate surface area is 253 Å². The van der Waals surface area contributed by atoms with E-state index in [2.05, 4.69) is 25.7 Å². The Morgan fingerprint density at radius 1 is 1.10 bits per heavy atom. The molecule has 2 heterocycles. The molecule has 0 aliphatic carbocycles. The zero-order valence-electron chi connectivity index (χ0n) is 23.6. The molecule has 13 heteroatoms. The number of rotatable bonds is 10. The van der Waals surface area contributed by atoms with Crippen molar-refractivity contribution in [1.82, 2.24) is 4.57 Å². The molecule has 4 rings (SSSR count). The number of esters is 2. The van der Waals surface area contributed by atoms with Gasteiger partial charge in [0.25, 0.3) is 5.56 Å². The molecule has 0 amide bonds. The summed E-state index contributed by atoms with van der Waals surface area (Å²) in [6.07, 6.45) is 1.66. The van der Waals surface area contributed by atoms with Crippen molar-refractivity contribution in [3.8, 4) is 23.0 Å². The van der Waals surface area contributed by atoms with Crippen LogP contribution in [0.15, 0.2) is 55.9 Å². The van der Waals surface area contributed by atoms with Gasteiger partial charge in [-0.05, 0) is 78.2 Å². The molecular formula is C29H29BrN2O9S. The van der Waals surface area contributed by atoms with Crippen LogP contribution in [-0.4, -0.2) is 55.7 Å². The first kappa shape index (κ1) is 30.8. The molecule has 1 aliphatic heterocycles. The summed E-state index contributed by atoms with van der Waals surface area (Å²) in [6.45, 7) is 5.29. The molecule has 1 atom stereocenters. The highest BCUT2D eigenvalue weighted by molar-refractivity contribution is 9.10. The van der Waals surface area contributed by atoms with Gasteiger partial charge in [0.1, 0.15) is 0 Å². The molecule has 2 aromatic carbocycles. The zero-order chi connectivity index (χ0) is 30.6. The normalized spacial score (nSPS) is 14.6. The van der Waals surface area contributed by atoms with Crippen molar-refractivity contribution in [1.29, 1.82) is 0 Å². The number of nitrogens with zero attached hydrogens (tertiary/aromatic N) is 2. The van der Waals surface area contributed by atoms with E-state index in [1.165, 1.54) is 18.8 Å². The fourth-order valence-electron chi connectivity index (χ4n) is 4.37. The molecular weight excluding hydrogens is 632 g/mol. The second-order valence-electron chi connectivity index (χ2n) is 8.86. The minimum absolute atomic E-state index is 0.0603. The van der Waals surface area contributed by atoms with Crippen molar-refractivity contribution in [3.63, 3.8) is 0 Å². The van der Waals surface area contributed by atoms with Gasteiger partial charge in [-0.15, -0.1) is 0 Å². The van der Waals surface area contributed by atoms with Crippen molar-refractivity contribution in [3.05, 3.63) is 76.9 Å². The molecule has 11 nitrogen and oxygen atoms in total. The molecule has 222 valence electrons. The number of phenolic OH excluding ortho intramolecular Hbond substituents is 1. The molecule has 0 spiro atoms. The Morgan fingerprint density at radius 3 is 2.52 bits per heavy atom. The van der Waals surface area contributed by atoms with Crippen molar-refractivity contribution in [2.24, 2.45) is 4.99 Å². The summed E-state index contributed by atoms with van der Waals surface area (Å²) in [4.78, 5) is 43.8. The number of aromatic nitrogens is 1. The van der Waals surface area contributed by atoms with E-state index in [1.807, 2.05) is 0 Å². The molecule has 0 bridgehead atoms. The Morgan fingerprint density at radius 2 is 1.86 bits per heavy atom. The van der Waals surface area contributed by atoms with E-state index >= 15 is 0 Å². The maximum Gasteiger partial charge on any atom is 0.343 e. The van der Waals surface area contributed by atoms with Crippen LogP contribution in [0.2, 0.25) is 0 Å². The first-order chi connectivity index (χ1) is 20.1. The van der Waals surface area contributed by atoms with Crippen molar-refractivity contribution >= 4 is 45.3 Å². The van der Waals surface area contributed by atoms with Gasteiger partial charge in [0.15, 0.2) is 34.4 Å². The quantitative estimate of drug-likeness (QED) is 0.325. The lowest BCUT2D eigenvalue weighted by Crippen LogP contribution is -2.40. The maximum atomic E-state index is 13.9. The lowest BCUT2D eigenvalue weighted by atomic mass is 9.95. The SMILES string of the molecule is CCOC(=O)C1=C(C)N=c2s/c(=C\c3cc(Br)c(O)c(OC)c3)c(=O)n2[C@H]1c1ccc(OCC(=O)OC)c(OCC)c1. The van der Waals surface area contributed by atoms with E-state index in [0.717, 1.165) is 11.3 Å². The van der Waals surface area contributed by atoms with Gasteiger partial charge < -0.3 is 28.8 Å². The Bertz CT molecular complexity index is 1740. The topological polar surface area (TPSA) is 135 Å². The maximum absolute atomic E-state index is 13.9. The number of benzene rings is 2. The first-order valence-corrected chi connectivity index (χ1v) is 14.5. The van der Waals surface area contributed by atoms with Gasteiger partial charge in [-0.2, -0.15) is 0 Å². The highest BCUT2D eigenvalue weighted by atomic mass is 79.9. The third-order valence-corrected chi connectivity index (χ3v) is 7.83. The summed E-state index contributed by atoms with van der Waals surface area (Å²) in [7, 11) is 2.69. The molecule has 0 fully saturated rings. The van der Waals surface area contributed by atoms with Gasteiger partial charge in [0.2, 0.25) is 0 Å². The van der Waals surface area contributed by atoms with E-state index in [-0.39, 0.29) is 35.8 Å². The van der Waals surface area contributed by atoms with Crippen molar-refractivity contribution in [2.75, 3.05) is 34.0 Å². The number of thiazole rings is 1. The summed E-state index contributed by atoms with van der Waals surface area (Å²) >= 11 is 4.46. The van der Waals surface area contributed by atoms with Gasteiger partial charge in [0.05, 0.1) is 53.8 Å². The number of carbonyl (C=O) groups excluding carboxylic acids is 2. The summed E-state index contributed by atoms with van der Waals surface area (Å²) in [5.41, 5.74) is 1.37. The molecule has 1 aromatic heterocycles. The molecule has 1 aliphatic rings. The van der Waals surface area contributed by atoms with Crippen LogP contribution in [0.25, 0.3) is 6.08 Å². The predicted molar refractivity (Wildman–Crippen MR) is 158 cm³/mol. The van der Waals surface area contributed by atoms with Gasteiger partial charge in [-0.25, -0.2) is 14.6 Å². The van der Waals surface area contributed by atoms with Crippen molar-refractivity contribution in [2.45, 2.75) is 26.8 Å². The standard InChI is InChI=1S/C29H29BrN2O9S/c1-6-39-20-13-17(8-9-19(20)41-14-23(33)38-5)25-24(28(36)40-7-2)15(3)31-29-32(25)27(35)22(42-29)12-16-10-18(30)26(34)21(11-16)37-4/h8-13,25,34H,6-7,14H2,1-5H3/b22-12-/t25-/m0/s1. The fraction of sp³-hybridized carbons (Fsp3) is 0.310. The average Bonchev–Trinajstić information content (AvgIpc) is 3.27. The van der Waals surface area contributed by atoms with Crippen LogP contribution >= 0.6 is 27.3 Å². The summed E-state index contributed by atoms with van der Waals surface area (Å²) < 4.78 is 28.8. The van der Waals surface area contributed by atoms with E-state index in [9.17, 15) is 19.5 Å². The monoisotopic (exact) mass is 660 g/mol. The van der Waals surface area contributed by atoms with E-state index < -0.39 is 18.0 Å². The van der Waals surface area contributed by atoms with Crippen LogP contribution < -0.4 is 29.1 Å². The third-order valence-electron chi connectivity index (χ3n) is 6.24. The van der Waals surface area contributed by atoms with Gasteiger partial charge in [-0.1, -0.05) is 17.4 Å². The van der Waals surface area contributed by atoms with Crippen LogP contribution in [0.1, 0.15) is 37.9 Å². The largest absolute Gasteiger partial charge is 0.503 e. The van der Waals surface area contributed by atoms with Gasteiger partial charge in [0, 0.05) is 0 Å². The minimum atomic E-state index is -0.891. The van der Waals surface area contributed by atoms with Crippen LogP contribution in [0, 0.1) is 0 Å². The first-order valence-electron chi connectivity index (χ1n) is 12.9. The molecule has 0 saturated carbocycles. The number of hydrogen-bond acceptors (Lipinski definition) is 11. The van der Waals surface area contributed by atoms with Crippen LogP contribution in [0.5, 0.6) is 23.0 Å². The molecule has 0 saturated heterocycles. The van der Waals surface area contributed by atoms with Gasteiger partial charge in [-0.3, -0.25) is 9.36 Å². The second kappa shape index (κ2) is 13.3. The van der Waals surface area contributed by atoms with E-state index in [0.29, 0.717) is 48.7 Å². The summed E-state index contributed by atoms with van der Waals surface area (Å²) in [5.74, 6) is -0.373. The smallest absolute Gasteiger partial charge is 0.343 e. The number of ether oxygens (including phenoxy) is 5. The molecule has 0 unspecified atom stereocenters. The molecule has 1 N–H and O–H groups in total. The highest BCUT2D eigenvalue weighted by Crippen LogP contribution is 2.37. The van der Waals surface area contributed by atoms with E-state index in [1.54, 1.807) is 57.2 Å². The van der Waals surface area contributed by atoms with Crippen LogP contribution in [0.4, 0.5) is 0 Å². The zero-order valence-corrected chi connectivity index (χ0v) is 26.0. The number of phenols is 1. The summed E-state index contributed by atoms with van der Waals surface area (Å²) in [6, 6.07) is 7.33. The van der Waals surface area contributed by atoms with Crippen molar-refractivity contribution < 1.29 is 38.4 Å². The molecule has 3 aromatic rings. The number of halogens is 1. The number of fused-ring (bicyclic) bond motifs is 1. The van der Waals surface area contributed by atoms with Crippen LogP contribution in [0.3, 0.4) is 0 Å². The minimum Gasteiger partial charge on any atom is -0.503 e. The van der Waals surface area contributed by atoms with Crippen LogP contribution in [-0.2, 0) is 19.1 Å². The van der Waals surface area contributed by atoms with Gasteiger partial charge >= 0.3 is 11.9 Å². The molecule has 42 heavy (non-hydrogen) atoms. The fourth-order valence-corrected chi connectivity index (χ4v) is 5.88. The third kappa shape index (κ3) is 6.21. The second-order valence-corrected chi connectivity index (χ2v) is 10.7.